The average molecular weight is 115 g/mol. The molecule has 1 heteroatoms. The summed E-state index contributed by atoms with van der Waals surface area (Å²) in [6.45, 7) is 5.66. The van der Waals surface area contributed by atoms with Crippen LogP contribution in [0.3, 0.4) is 0 Å². The molecule has 0 aromatic rings. The zero-order chi connectivity index (χ0) is 6.41. The Morgan fingerprint density at radius 2 is 1.88 bits per heavy atom. The monoisotopic (exact) mass is 115 g/mol. The summed E-state index contributed by atoms with van der Waals surface area (Å²) < 4.78 is 0. The number of rotatable bonds is 4. The average Bonchev–Trinajstić information content (AvgIpc) is 1.83. The summed E-state index contributed by atoms with van der Waals surface area (Å²) in [6, 6.07) is 0. The molecule has 0 radical (unpaired) electrons. The third-order valence-electron chi connectivity index (χ3n) is 1.65. The Morgan fingerprint density at radius 1 is 1.38 bits per heavy atom. The number of hydrogen-bond acceptors (Lipinski definition) is 0. The van der Waals surface area contributed by atoms with Crippen LogP contribution in [0.15, 0.2) is 0 Å². The van der Waals surface area contributed by atoms with Crippen molar-refractivity contribution in [1.82, 2.24) is 0 Å². The molecule has 50 valence electrons. The van der Waals surface area contributed by atoms with Crippen LogP contribution in [-0.2, 0) is 0 Å². The first kappa shape index (κ1) is 7.96. The van der Waals surface area contributed by atoms with E-state index in [4.69, 9.17) is 0 Å². The van der Waals surface area contributed by atoms with Crippen molar-refractivity contribution in [2.75, 3.05) is 6.54 Å². The summed E-state index contributed by atoms with van der Waals surface area (Å²) in [5.41, 5.74) is 0. The Balaban J connectivity index is 3.07. The van der Waals surface area contributed by atoms with Crippen molar-refractivity contribution in [1.29, 1.82) is 0 Å². The Labute approximate surface area is 52.5 Å². The Hall–Kier alpha value is -0.0400. The van der Waals surface area contributed by atoms with Gasteiger partial charge >= 0.3 is 0 Å². The van der Waals surface area contributed by atoms with Crippen molar-refractivity contribution in [2.45, 2.75) is 26.7 Å². The van der Waals surface area contributed by atoms with E-state index in [1.54, 1.807) is 0 Å². The summed E-state index contributed by atoms with van der Waals surface area (Å²) in [6.07, 6.45) is 2.59. The SMILES string of the molecule is [CH2-][NH2+]CC(CC)CC. The highest BCUT2D eigenvalue weighted by molar-refractivity contribution is 4.48. The molecule has 0 rings (SSSR count). The van der Waals surface area contributed by atoms with Crippen LogP contribution in [0.1, 0.15) is 26.7 Å². The van der Waals surface area contributed by atoms with Gasteiger partial charge in [-0.25, -0.2) is 0 Å². The van der Waals surface area contributed by atoms with Gasteiger partial charge in [0.1, 0.15) is 0 Å². The maximum absolute atomic E-state index is 3.70. The van der Waals surface area contributed by atoms with Crippen LogP contribution in [0.2, 0.25) is 0 Å². The lowest BCUT2D eigenvalue weighted by molar-refractivity contribution is -0.602. The minimum atomic E-state index is 0.882. The van der Waals surface area contributed by atoms with Crippen molar-refractivity contribution in [3.05, 3.63) is 7.05 Å². The lowest BCUT2D eigenvalue weighted by atomic mass is 10.0. The minimum absolute atomic E-state index is 0.882. The molecule has 0 heterocycles. The predicted molar refractivity (Wildman–Crippen MR) is 36.2 cm³/mol. The molecule has 0 fully saturated rings. The quantitative estimate of drug-likeness (QED) is 0.521. The first-order valence-corrected chi connectivity index (χ1v) is 3.46. The molecule has 2 N–H and O–H groups in total. The van der Waals surface area contributed by atoms with Gasteiger partial charge in [-0.15, -0.1) is 0 Å². The van der Waals surface area contributed by atoms with Gasteiger partial charge in [0.05, 0.1) is 6.54 Å². The molecule has 8 heavy (non-hydrogen) atoms. The number of hydrogen-bond donors (Lipinski definition) is 1. The van der Waals surface area contributed by atoms with E-state index < -0.39 is 0 Å². The normalized spacial score (nSPS) is 10.5. The van der Waals surface area contributed by atoms with E-state index >= 15 is 0 Å². The molecule has 0 aliphatic carbocycles. The fourth-order valence-electron chi connectivity index (χ4n) is 0.858. The van der Waals surface area contributed by atoms with Gasteiger partial charge in [-0.05, 0) is 12.8 Å². The van der Waals surface area contributed by atoms with Crippen molar-refractivity contribution in [3.8, 4) is 0 Å². The molecule has 0 saturated carbocycles. The minimum Gasteiger partial charge on any atom is -0.479 e. The van der Waals surface area contributed by atoms with Gasteiger partial charge < -0.3 is 5.32 Å². The lowest BCUT2D eigenvalue weighted by Gasteiger charge is -2.09. The second-order valence-electron chi connectivity index (χ2n) is 2.21. The van der Waals surface area contributed by atoms with Gasteiger partial charge in [-0.3, -0.25) is 0 Å². The Kier molecular flexibility index (Phi) is 5.08. The highest BCUT2D eigenvalue weighted by atomic mass is 14.8. The highest BCUT2D eigenvalue weighted by Gasteiger charge is 1.99. The smallest absolute Gasteiger partial charge is 0.0543 e. The molecule has 0 atom stereocenters. The zero-order valence-electron chi connectivity index (χ0n) is 5.98. The van der Waals surface area contributed by atoms with E-state index in [-0.39, 0.29) is 0 Å². The van der Waals surface area contributed by atoms with Gasteiger partial charge in [0.25, 0.3) is 0 Å². The zero-order valence-corrected chi connectivity index (χ0v) is 5.98. The van der Waals surface area contributed by atoms with Crippen LogP contribution in [0, 0.1) is 13.0 Å². The molecule has 0 bridgehead atoms. The van der Waals surface area contributed by atoms with Gasteiger partial charge in [-0.1, -0.05) is 13.8 Å². The van der Waals surface area contributed by atoms with E-state index in [9.17, 15) is 0 Å². The summed E-state index contributed by atoms with van der Waals surface area (Å²) >= 11 is 0. The van der Waals surface area contributed by atoms with Crippen LogP contribution in [-0.4, -0.2) is 6.54 Å². The molecule has 0 unspecified atom stereocenters. The second kappa shape index (κ2) is 5.10. The van der Waals surface area contributed by atoms with Crippen molar-refractivity contribution < 1.29 is 5.32 Å². The van der Waals surface area contributed by atoms with Crippen LogP contribution in [0.4, 0.5) is 0 Å². The lowest BCUT2D eigenvalue weighted by Crippen LogP contribution is -2.78. The Morgan fingerprint density at radius 3 is 2.00 bits per heavy atom. The number of nitrogens with two attached hydrogens (primary N) is 1. The first-order valence-electron chi connectivity index (χ1n) is 3.46. The van der Waals surface area contributed by atoms with E-state index in [1.807, 2.05) is 5.32 Å². The van der Waals surface area contributed by atoms with Crippen molar-refractivity contribution in [2.24, 2.45) is 5.92 Å². The van der Waals surface area contributed by atoms with Gasteiger partial charge in [-0.2, -0.15) is 7.05 Å². The third-order valence-corrected chi connectivity index (χ3v) is 1.65. The molecule has 0 amide bonds. The van der Waals surface area contributed by atoms with Gasteiger partial charge in [0.2, 0.25) is 0 Å². The molecule has 1 nitrogen and oxygen atoms in total. The number of quaternary nitrogens is 1. The summed E-state index contributed by atoms with van der Waals surface area (Å²) in [7, 11) is 3.70. The molecule has 0 aliphatic rings. The van der Waals surface area contributed by atoms with Gasteiger partial charge in [0, 0.05) is 5.92 Å². The van der Waals surface area contributed by atoms with Crippen LogP contribution in [0.5, 0.6) is 0 Å². The fraction of sp³-hybridized carbons (Fsp3) is 0.857. The molecule has 0 saturated heterocycles. The van der Waals surface area contributed by atoms with E-state index in [2.05, 4.69) is 20.9 Å². The molecule has 0 aromatic carbocycles. The predicted octanol–water partition coefficient (Wildman–Crippen LogP) is 0.778. The third kappa shape index (κ3) is 3.03. The first-order chi connectivity index (χ1) is 3.85. The van der Waals surface area contributed by atoms with Crippen molar-refractivity contribution in [3.63, 3.8) is 0 Å². The molecule has 0 aliphatic heterocycles. The van der Waals surface area contributed by atoms with E-state index in [1.165, 1.54) is 19.4 Å². The maximum atomic E-state index is 3.70. The topological polar surface area (TPSA) is 16.6 Å². The van der Waals surface area contributed by atoms with E-state index in [0.29, 0.717) is 0 Å². The largest absolute Gasteiger partial charge is 0.479 e. The standard InChI is InChI=1S/C7H17N/c1-4-7(5-2)6-8-3/h7H,3-6,8H2,1-2H3. The summed E-state index contributed by atoms with van der Waals surface area (Å²) in [5, 5.41) is 2.01. The van der Waals surface area contributed by atoms with Crippen LogP contribution in [0.25, 0.3) is 0 Å². The molecular formula is C7H17N. The molecular weight excluding hydrogens is 98.1 g/mol. The second-order valence-corrected chi connectivity index (χ2v) is 2.21. The summed E-state index contributed by atoms with van der Waals surface area (Å²) in [5.74, 6) is 0.882. The highest BCUT2D eigenvalue weighted by Crippen LogP contribution is 2.02. The molecule has 0 spiro atoms. The van der Waals surface area contributed by atoms with Crippen molar-refractivity contribution >= 4 is 0 Å². The Bertz CT molecular complexity index is 39.7. The van der Waals surface area contributed by atoms with Gasteiger partial charge in [0.15, 0.2) is 0 Å². The van der Waals surface area contributed by atoms with Crippen LogP contribution < -0.4 is 5.32 Å². The van der Waals surface area contributed by atoms with Crippen LogP contribution >= 0.6 is 0 Å². The fourth-order valence-corrected chi connectivity index (χ4v) is 0.858. The maximum Gasteiger partial charge on any atom is 0.0543 e. The van der Waals surface area contributed by atoms with E-state index in [0.717, 1.165) is 5.92 Å². The molecule has 0 aromatic heterocycles. The summed E-state index contributed by atoms with van der Waals surface area (Å²) in [4.78, 5) is 0.